The molecule has 2 saturated heterocycles. The second-order valence-corrected chi connectivity index (χ2v) is 7.85. The summed E-state index contributed by atoms with van der Waals surface area (Å²) in [7, 11) is 2.22. The minimum Gasteiger partial charge on any atom is -0.355 e. The van der Waals surface area contributed by atoms with E-state index in [9.17, 15) is 0 Å². The molecule has 0 spiro atoms. The summed E-state index contributed by atoms with van der Waals surface area (Å²) in [5.41, 5.74) is 2.87. The maximum atomic E-state index is 4.92. The van der Waals surface area contributed by atoms with Crippen LogP contribution in [0.15, 0.2) is 41.3 Å². The summed E-state index contributed by atoms with van der Waals surface area (Å²) in [6.45, 7) is 4.58. The van der Waals surface area contributed by atoms with Crippen LogP contribution in [-0.4, -0.2) is 57.7 Å². The van der Waals surface area contributed by atoms with Gasteiger partial charge in [0.05, 0.1) is 0 Å². The van der Waals surface area contributed by atoms with Gasteiger partial charge in [-0.25, -0.2) is 9.50 Å². The lowest BCUT2D eigenvalue weighted by Gasteiger charge is -2.20. The van der Waals surface area contributed by atoms with E-state index < -0.39 is 0 Å². The van der Waals surface area contributed by atoms with Gasteiger partial charge in [-0.2, -0.15) is 0 Å². The SMILES string of the molecule is CN1CC2CN(c3ccc4nc(Br)c(-c5ccncc5)n4n3)CC2C1. The fourth-order valence-corrected chi connectivity index (χ4v) is 4.81. The van der Waals surface area contributed by atoms with Crippen LogP contribution in [-0.2, 0) is 0 Å². The van der Waals surface area contributed by atoms with Crippen LogP contribution in [0, 0.1) is 11.8 Å². The van der Waals surface area contributed by atoms with E-state index in [0.29, 0.717) is 0 Å². The third kappa shape index (κ3) is 2.53. The number of pyridine rings is 1. The number of imidazole rings is 1. The number of halogens is 1. The lowest BCUT2D eigenvalue weighted by Crippen LogP contribution is -2.27. The average Bonchev–Trinajstić information content (AvgIpc) is 3.24. The quantitative estimate of drug-likeness (QED) is 0.663. The fourth-order valence-electron chi connectivity index (χ4n) is 4.23. The summed E-state index contributed by atoms with van der Waals surface area (Å²) in [5.74, 6) is 2.55. The molecule has 7 heteroatoms. The Bertz CT molecular complexity index is 910. The Kier molecular flexibility index (Phi) is 3.53. The van der Waals surface area contributed by atoms with Gasteiger partial charge in [-0.1, -0.05) is 0 Å². The average molecular weight is 399 g/mol. The fraction of sp³-hybridized carbons (Fsp3) is 0.389. The first-order valence-corrected chi connectivity index (χ1v) is 9.37. The van der Waals surface area contributed by atoms with Gasteiger partial charge in [-0.05, 0) is 59.1 Å². The molecule has 0 N–H and O–H groups in total. The van der Waals surface area contributed by atoms with Crippen molar-refractivity contribution in [1.29, 1.82) is 0 Å². The summed E-state index contributed by atoms with van der Waals surface area (Å²) < 4.78 is 2.75. The summed E-state index contributed by atoms with van der Waals surface area (Å²) in [5, 5.41) is 4.92. The number of aromatic nitrogens is 4. The second kappa shape index (κ2) is 5.78. The molecule has 2 aliphatic heterocycles. The molecule has 0 aromatic carbocycles. The minimum atomic E-state index is 0.761. The topological polar surface area (TPSA) is 49.6 Å². The largest absolute Gasteiger partial charge is 0.355 e. The highest BCUT2D eigenvalue weighted by atomic mass is 79.9. The third-order valence-electron chi connectivity index (χ3n) is 5.37. The highest BCUT2D eigenvalue weighted by Gasteiger charge is 2.39. The number of likely N-dealkylation sites (tertiary alicyclic amines) is 1. The number of anilines is 1. The van der Waals surface area contributed by atoms with E-state index in [1.54, 1.807) is 12.4 Å². The van der Waals surface area contributed by atoms with Crippen LogP contribution in [0.2, 0.25) is 0 Å². The van der Waals surface area contributed by atoms with E-state index in [1.165, 1.54) is 13.1 Å². The smallest absolute Gasteiger partial charge is 0.155 e. The van der Waals surface area contributed by atoms with Gasteiger partial charge in [-0.15, -0.1) is 5.10 Å². The molecule has 0 radical (unpaired) electrons. The summed E-state index contributed by atoms with van der Waals surface area (Å²) in [6.07, 6.45) is 3.59. The molecule has 2 atom stereocenters. The highest BCUT2D eigenvalue weighted by molar-refractivity contribution is 9.10. The van der Waals surface area contributed by atoms with Gasteiger partial charge in [0.15, 0.2) is 5.65 Å². The molecule has 2 fully saturated rings. The minimum absolute atomic E-state index is 0.761. The molecule has 2 unspecified atom stereocenters. The Morgan fingerprint density at radius 3 is 2.44 bits per heavy atom. The summed E-state index contributed by atoms with van der Waals surface area (Å²) in [6, 6.07) is 8.12. The Hall–Kier alpha value is -1.99. The van der Waals surface area contributed by atoms with Crippen molar-refractivity contribution in [2.24, 2.45) is 11.8 Å². The maximum Gasteiger partial charge on any atom is 0.155 e. The van der Waals surface area contributed by atoms with Crippen LogP contribution in [0.5, 0.6) is 0 Å². The predicted octanol–water partition coefficient (Wildman–Crippen LogP) is 2.55. The molecule has 5 heterocycles. The number of fused-ring (bicyclic) bond motifs is 2. The van der Waals surface area contributed by atoms with E-state index in [-0.39, 0.29) is 0 Å². The molecule has 25 heavy (non-hydrogen) atoms. The molecule has 0 saturated carbocycles. The standard InChI is InChI=1S/C18H19BrN6/c1-23-8-13-10-24(11-14(13)9-23)16-3-2-15-21-18(19)17(25(15)22-16)12-4-6-20-7-5-12/h2-7,13-14H,8-11H2,1H3. The first kappa shape index (κ1) is 15.3. The number of hydrogen-bond donors (Lipinski definition) is 0. The van der Waals surface area contributed by atoms with Gasteiger partial charge in [0.2, 0.25) is 0 Å². The molecule has 3 aromatic rings. The van der Waals surface area contributed by atoms with E-state index in [2.05, 4.69) is 54.9 Å². The predicted molar refractivity (Wildman–Crippen MR) is 101 cm³/mol. The van der Waals surface area contributed by atoms with E-state index in [4.69, 9.17) is 5.10 Å². The zero-order valence-corrected chi connectivity index (χ0v) is 15.6. The molecular formula is C18H19BrN6. The number of hydrogen-bond acceptors (Lipinski definition) is 5. The van der Waals surface area contributed by atoms with Crippen molar-refractivity contribution >= 4 is 27.4 Å². The van der Waals surface area contributed by atoms with Crippen LogP contribution in [0.25, 0.3) is 16.9 Å². The number of rotatable bonds is 2. The molecular weight excluding hydrogens is 380 g/mol. The van der Waals surface area contributed by atoms with Crippen molar-refractivity contribution in [3.05, 3.63) is 41.3 Å². The maximum absolute atomic E-state index is 4.92. The zero-order valence-electron chi connectivity index (χ0n) is 14.0. The van der Waals surface area contributed by atoms with Crippen LogP contribution in [0.4, 0.5) is 5.82 Å². The van der Waals surface area contributed by atoms with Gasteiger partial charge < -0.3 is 9.80 Å². The molecule has 0 amide bonds. The van der Waals surface area contributed by atoms with Crippen molar-refractivity contribution in [3.8, 4) is 11.3 Å². The van der Waals surface area contributed by atoms with E-state index in [0.717, 1.165) is 52.3 Å². The highest BCUT2D eigenvalue weighted by Crippen LogP contribution is 2.34. The Morgan fingerprint density at radius 1 is 1.00 bits per heavy atom. The van der Waals surface area contributed by atoms with Crippen LogP contribution in [0.1, 0.15) is 0 Å². The normalized spacial score (nSPS) is 23.5. The molecule has 0 aliphatic carbocycles. The monoisotopic (exact) mass is 398 g/mol. The van der Waals surface area contributed by atoms with Gasteiger partial charge in [0, 0.05) is 44.1 Å². The lowest BCUT2D eigenvalue weighted by atomic mass is 10.0. The molecule has 128 valence electrons. The van der Waals surface area contributed by atoms with Crippen LogP contribution < -0.4 is 4.90 Å². The van der Waals surface area contributed by atoms with E-state index in [1.807, 2.05) is 16.6 Å². The zero-order chi connectivity index (χ0) is 17.0. The van der Waals surface area contributed by atoms with E-state index >= 15 is 0 Å². The first-order chi connectivity index (χ1) is 12.2. The van der Waals surface area contributed by atoms with Gasteiger partial charge in [0.25, 0.3) is 0 Å². The second-order valence-electron chi connectivity index (χ2n) is 7.09. The van der Waals surface area contributed by atoms with Crippen molar-refractivity contribution < 1.29 is 0 Å². The van der Waals surface area contributed by atoms with Crippen molar-refractivity contribution in [2.45, 2.75) is 0 Å². The van der Waals surface area contributed by atoms with Crippen molar-refractivity contribution in [2.75, 3.05) is 38.1 Å². The molecule has 3 aromatic heterocycles. The Morgan fingerprint density at radius 2 is 1.72 bits per heavy atom. The van der Waals surface area contributed by atoms with Gasteiger partial charge in [-0.3, -0.25) is 4.98 Å². The van der Waals surface area contributed by atoms with Crippen molar-refractivity contribution in [3.63, 3.8) is 0 Å². The molecule has 2 aliphatic rings. The summed E-state index contributed by atoms with van der Waals surface area (Å²) in [4.78, 5) is 13.6. The molecule has 0 bridgehead atoms. The van der Waals surface area contributed by atoms with Gasteiger partial charge in [0.1, 0.15) is 16.1 Å². The first-order valence-electron chi connectivity index (χ1n) is 8.58. The van der Waals surface area contributed by atoms with Crippen molar-refractivity contribution in [1.82, 2.24) is 24.5 Å². The number of nitrogens with zero attached hydrogens (tertiary/aromatic N) is 6. The Balaban J connectivity index is 1.54. The van der Waals surface area contributed by atoms with Gasteiger partial charge >= 0.3 is 0 Å². The van der Waals surface area contributed by atoms with Crippen LogP contribution >= 0.6 is 15.9 Å². The Labute approximate surface area is 154 Å². The lowest BCUT2D eigenvalue weighted by molar-refractivity contribution is 0.386. The third-order valence-corrected chi connectivity index (χ3v) is 5.92. The van der Waals surface area contributed by atoms with Crippen LogP contribution in [0.3, 0.4) is 0 Å². The molecule has 6 nitrogen and oxygen atoms in total. The molecule has 5 rings (SSSR count). The summed E-state index contributed by atoms with van der Waals surface area (Å²) >= 11 is 3.59.